The smallest absolute Gasteiger partial charge is 0.244 e. The van der Waals surface area contributed by atoms with Crippen LogP contribution in [0.15, 0.2) is 42.6 Å². The standard InChI is InChI=1S/C19H21ClN4O/c20-16-7-3-2-6-15(16)8-9-19(25)22-14-17-21-11-10-18(23-17)24-12-4-1-5-13-24/h2-3,6-11H,1,4-5,12-14H2,(H,22,25)/b9-8+. The summed E-state index contributed by atoms with van der Waals surface area (Å²) in [4.78, 5) is 23.0. The maximum Gasteiger partial charge on any atom is 0.244 e. The van der Waals surface area contributed by atoms with Crippen molar-refractivity contribution >= 4 is 29.4 Å². The minimum Gasteiger partial charge on any atom is -0.357 e. The van der Waals surface area contributed by atoms with Crippen LogP contribution in [0.2, 0.25) is 5.02 Å². The molecule has 2 aromatic rings. The van der Waals surface area contributed by atoms with Gasteiger partial charge in [-0.15, -0.1) is 0 Å². The van der Waals surface area contributed by atoms with Crippen LogP contribution in [0.4, 0.5) is 5.82 Å². The average molecular weight is 357 g/mol. The van der Waals surface area contributed by atoms with Crippen LogP contribution in [-0.2, 0) is 11.3 Å². The number of anilines is 1. The highest BCUT2D eigenvalue weighted by molar-refractivity contribution is 6.32. The van der Waals surface area contributed by atoms with Crippen molar-refractivity contribution in [3.8, 4) is 0 Å². The van der Waals surface area contributed by atoms with Gasteiger partial charge in [0, 0.05) is 30.4 Å². The molecule has 3 rings (SSSR count). The van der Waals surface area contributed by atoms with Gasteiger partial charge in [0.25, 0.3) is 0 Å². The fourth-order valence-corrected chi connectivity index (χ4v) is 2.97. The highest BCUT2D eigenvalue weighted by atomic mass is 35.5. The molecule has 25 heavy (non-hydrogen) atoms. The van der Waals surface area contributed by atoms with E-state index in [9.17, 15) is 4.79 Å². The Kier molecular flexibility index (Phi) is 6.01. The van der Waals surface area contributed by atoms with Gasteiger partial charge in [-0.3, -0.25) is 4.79 Å². The molecule has 5 nitrogen and oxygen atoms in total. The summed E-state index contributed by atoms with van der Waals surface area (Å²) in [5, 5.41) is 3.42. The van der Waals surface area contributed by atoms with Crippen molar-refractivity contribution in [2.75, 3.05) is 18.0 Å². The minimum absolute atomic E-state index is 0.202. The summed E-state index contributed by atoms with van der Waals surface area (Å²) >= 11 is 6.06. The summed E-state index contributed by atoms with van der Waals surface area (Å²) in [6, 6.07) is 9.31. The zero-order chi connectivity index (χ0) is 17.5. The summed E-state index contributed by atoms with van der Waals surface area (Å²) < 4.78 is 0. The first kappa shape index (κ1) is 17.4. The Morgan fingerprint density at radius 2 is 2.00 bits per heavy atom. The molecule has 1 saturated heterocycles. The third-order valence-electron chi connectivity index (χ3n) is 4.11. The van der Waals surface area contributed by atoms with Crippen LogP contribution < -0.4 is 10.2 Å². The van der Waals surface area contributed by atoms with Crippen LogP contribution in [0, 0.1) is 0 Å². The first-order valence-electron chi connectivity index (χ1n) is 8.50. The Hall–Kier alpha value is -2.40. The monoisotopic (exact) mass is 356 g/mol. The number of amides is 1. The van der Waals surface area contributed by atoms with Crippen molar-refractivity contribution in [2.45, 2.75) is 25.8 Å². The molecule has 0 spiro atoms. The number of rotatable bonds is 5. The summed E-state index contributed by atoms with van der Waals surface area (Å²) in [6.07, 6.45) is 8.59. The van der Waals surface area contributed by atoms with E-state index in [1.54, 1.807) is 18.3 Å². The van der Waals surface area contributed by atoms with Crippen molar-refractivity contribution in [2.24, 2.45) is 0 Å². The van der Waals surface area contributed by atoms with Gasteiger partial charge in [0.2, 0.25) is 5.91 Å². The average Bonchev–Trinajstić information content (AvgIpc) is 2.67. The lowest BCUT2D eigenvalue weighted by Gasteiger charge is -2.27. The minimum atomic E-state index is -0.202. The van der Waals surface area contributed by atoms with E-state index in [-0.39, 0.29) is 5.91 Å². The van der Waals surface area contributed by atoms with Gasteiger partial charge in [-0.25, -0.2) is 9.97 Å². The van der Waals surface area contributed by atoms with E-state index in [4.69, 9.17) is 11.6 Å². The van der Waals surface area contributed by atoms with Gasteiger partial charge in [0.05, 0.1) is 6.54 Å². The number of carbonyl (C=O) groups excluding carboxylic acids is 1. The molecule has 1 aliphatic heterocycles. The molecule has 1 aromatic heterocycles. The second-order valence-electron chi connectivity index (χ2n) is 5.95. The Morgan fingerprint density at radius 1 is 1.20 bits per heavy atom. The number of nitrogens with one attached hydrogen (secondary N) is 1. The summed E-state index contributed by atoms with van der Waals surface area (Å²) in [5.74, 6) is 1.35. The van der Waals surface area contributed by atoms with Crippen LogP contribution in [-0.4, -0.2) is 29.0 Å². The molecule has 130 valence electrons. The zero-order valence-electron chi connectivity index (χ0n) is 14.0. The maximum absolute atomic E-state index is 12.0. The molecule has 0 atom stereocenters. The second kappa shape index (κ2) is 8.62. The molecule has 1 amide bonds. The molecule has 1 aromatic carbocycles. The molecular weight excluding hydrogens is 336 g/mol. The quantitative estimate of drug-likeness (QED) is 0.834. The molecule has 1 N–H and O–H groups in total. The van der Waals surface area contributed by atoms with Crippen LogP contribution in [0.3, 0.4) is 0 Å². The molecule has 2 heterocycles. The van der Waals surface area contributed by atoms with Crippen molar-refractivity contribution in [3.05, 3.63) is 59.0 Å². The van der Waals surface area contributed by atoms with E-state index in [2.05, 4.69) is 20.2 Å². The van der Waals surface area contributed by atoms with Crippen LogP contribution in [0.5, 0.6) is 0 Å². The molecule has 0 aliphatic carbocycles. The SMILES string of the molecule is O=C(/C=C/c1ccccc1Cl)NCc1nccc(N2CCCCC2)n1. The Balaban J connectivity index is 1.56. The number of nitrogens with zero attached hydrogens (tertiary/aromatic N) is 3. The number of piperidine rings is 1. The van der Waals surface area contributed by atoms with Crippen LogP contribution in [0.25, 0.3) is 6.08 Å². The summed E-state index contributed by atoms with van der Waals surface area (Å²) in [7, 11) is 0. The first-order valence-corrected chi connectivity index (χ1v) is 8.87. The number of halogens is 1. The Morgan fingerprint density at radius 3 is 2.80 bits per heavy atom. The van der Waals surface area contributed by atoms with E-state index < -0.39 is 0 Å². The zero-order valence-corrected chi connectivity index (χ0v) is 14.7. The summed E-state index contributed by atoms with van der Waals surface area (Å²) in [6.45, 7) is 2.36. The predicted molar refractivity (Wildman–Crippen MR) is 100 cm³/mol. The maximum atomic E-state index is 12.0. The van der Waals surface area contributed by atoms with Gasteiger partial charge < -0.3 is 10.2 Å². The predicted octanol–water partition coefficient (Wildman–Crippen LogP) is 3.45. The molecule has 0 bridgehead atoms. The van der Waals surface area contributed by atoms with Crippen molar-refractivity contribution < 1.29 is 4.79 Å². The van der Waals surface area contributed by atoms with E-state index in [0.717, 1.165) is 24.5 Å². The van der Waals surface area contributed by atoms with Gasteiger partial charge in [0.1, 0.15) is 11.6 Å². The molecule has 0 radical (unpaired) electrons. The lowest BCUT2D eigenvalue weighted by Crippen LogP contribution is -2.30. The highest BCUT2D eigenvalue weighted by Crippen LogP contribution is 2.17. The van der Waals surface area contributed by atoms with Crippen molar-refractivity contribution in [1.82, 2.24) is 15.3 Å². The number of aromatic nitrogens is 2. The molecule has 1 aliphatic rings. The molecule has 0 unspecified atom stereocenters. The Bertz CT molecular complexity index is 757. The molecular formula is C19H21ClN4O. The number of carbonyl (C=O) groups is 1. The lowest BCUT2D eigenvalue weighted by atomic mass is 10.1. The normalized spacial score (nSPS) is 14.7. The third kappa shape index (κ3) is 5.03. The fourth-order valence-electron chi connectivity index (χ4n) is 2.77. The number of benzene rings is 1. The van der Waals surface area contributed by atoms with Crippen molar-refractivity contribution in [3.63, 3.8) is 0 Å². The number of hydrogen-bond acceptors (Lipinski definition) is 4. The van der Waals surface area contributed by atoms with Gasteiger partial charge in [-0.2, -0.15) is 0 Å². The van der Waals surface area contributed by atoms with E-state index in [1.165, 1.54) is 25.3 Å². The van der Waals surface area contributed by atoms with E-state index in [1.807, 2.05) is 24.3 Å². The highest BCUT2D eigenvalue weighted by Gasteiger charge is 2.12. The van der Waals surface area contributed by atoms with Gasteiger partial charge in [-0.1, -0.05) is 29.8 Å². The third-order valence-corrected chi connectivity index (χ3v) is 4.46. The van der Waals surface area contributed by atoms with Crippen molar-refractivity contribution in [1.29, 1.82) is 0 Å². The number of hydrogen-bond donors (Lipinski definition) is 1. The topological polar surface area (TPSA) is 58.1 Å². The van der Waals surface area contributed by atoms with Crippen LogP contribution in [0.1, 0.15) is 30.7 Å². The molecule has 1 fully saturated rings. The van der Waals surface area contributed by atoms with E-state index in [0.29, 0.717) is 17.4 Å². The largest absolute Gasteiger partial charge is 0.357 e. The second-order valence-corrected chi connectivity index (χ2v) is 6.36. The molecule has 0 saturated carbocycles. The van der Waals surface area contributed by atoms with Crippen LogP contribution >= 0.6 is 11.6 Å². The summed E-state index contributed by atoms with van der Waals surface area (Å²) in [5.41, 5.74) is 0.808. The lowest BCUT2D eigenvalue weighted by molar-refractivity contribution is -0.116. The first-order chi connectivity index (χ1) is 12.2. The van der Waals surface area contributed by atoms with Gasteiger partial charge in [-0.05, 0) is 43.0 Å². The van der Waals surface area contributed by atoms with Gasteiger partial charge in [0.15, 0.2) is 0 Å². The Labute approximate surface area is 152 Å². The van der Waals surface area contributed by atoms with E-state index >= 15 is 0 Å². The van der Waals surface area contributed by atoms with Gasteiger partial charge >= 0.3 is 0 Å². The molecule has 6 heteroatoms. The fraction of sp³-hybridized carbons (Fsp3) is 0.316.